The van der Waals surface area contributed by atoms with Gasteiger partial charge < -0.3 is 10.4 Å². The van der Waals surface area contributed by atoms with E-state index in [1.807, 2.05) is 54.6 Å². The second-order valence-corrected chi connectivity index (χ2v) is 6.52. The number of hydrogen-bond acceptors (Lipinski definition) is 2. The lowest BCUT2D eigenvalue weighted by atomic mass is 10.1. The molecule has 1 atom stereocenters. The Bertz CT molecular complexity index is 673. The number of rotatable bonds is 7. The minimum Gasteiger partial charge on any atom is -0.480 e. The summed E-state index contributed by atoms with van der Waals surface area (Å²) in [5, 5.41) is 11.9. The summed E-state index contributed by atoms with van der Waals surface area (Å²) in [5.41, 5.74) is 1.96. The Kier molecular flexibility index (Phi) is 6.58. The van der Waals surface area contributed by atoms with Crippen molar-refractivity contribution in [3.63, 3.8) is 0 Å². The number of aliphatic carboxylic acids is 1. The Balaban J connectivity index is 1.91. The average molecular weight is 423 g/mol. The van der Waals surface area contributed by atoms with Gasteiger partial charge in [-0.05, 0) is 52.3 Å². The summed E-state index contributed by atoms with van der Waals surface area (Å²) >= 11 is 2.18. The van der Waals surface area contributed by atoms with Crippen molar-refractivity contribution in [1.82, 2.24) is 5.32 Å². The largest absolute Gasteiger partial charge is 0.480 e. The van der Waals surface area contributed by atoms with Gasteiger partial charge in [-0.3, -0.25) is 4.79 Å². The van der Waals surface area contributed by atoms with Gasteiger partial charge in [-0.1, -0.05) is 42.5 Å². The zero-order chi connectivity index (χ0) is 16.7. The SMILES string of the molecule is O=C(CCc1ccccc1)N[C@@H](Cc1cccc(I)c1)C(=O)O. The van der Waals surface area contributed by atoms with Crippen LogP contribution in [0.1, 0.15) is 17.5 Å². The van der Waals surface area contributed by atoms with Crippen LogP contribution in [0.2, 0.25) is 0 Å². The molecule has 0 aliphatic heterocycles. The van der Waals surface area contributed by atoms with E-state index in [2.05, 4.69) is 27.9 Å². The lowest BCUT2D eigenvalue weighted by Gasteiger charge is -2.15. The maximum atomic E-state index is 12.0. The summed E-state index contributed by atoms with van der Waals surface area (Å²) < 4.78 is 1.04. The average Bonchev–Trinajstić information content (AvgIpc) is 2.53. The predicted molar refractivity (Wildman–Crippen MR) is 97.2 cm³/mol. The first-order valence-electron chi connectivity index (χ1n) is 7.35. The number of carbonyl (C=O) groups excluding carboxylic acids is 1. The van der Waals surface area contributed by atoms with Gasteiger partial charge in [0, 0.05) is 16.4 Å². The lowest BCUT2D eigenvalue weighted by Crippen LogP contribution is -2.42. The minimum atomic E-state index is -1.02. The smallest absolute Gasteiger partial charge is 0.326 e. The van der Waals surface area contributed by atoms with Crippen molar-refractivity contribution < 1.29 is 14.7 Å². The number of halogens is 1. The normalized spacial score (nSPS) is 11.7. The van der Waals surface area contributed by atoms with Gasteiger partial charge in [0.15, 0.2) is 0 Å². The van der Waals surface area contributed by atoms with E-state index in [4.69, 9.17) is 0 Å². The number of carbonyl (C=O) groups is 2. The van der Waals surface area contributed by atoms with Crippen LogP contribution in [0, 0.1) is 3.57 Å². The van der Waals surface area contributed by atoms with E-state index in [1.54, 1.807) is 0 Å². The number of aryl methyl sites for hydroxylation is 1. The molecular weight excluding hydrogens is 405 g/mol. The molecule has 0 unspecified atom stereocenters. The molecule has 5 heteroatoms. The van der Waals surface area contributed by atoms with Gasteiger partial charge in [-0.15, -0.1) is 0 Å². The fourth-order valence-corrected chi connectivity index (χ4v) is 2.88. The molecule has 0 aromatic heterocycles. The molecule has 2 aromatic rings. The third kappa shape index (κ3) is 6.02. The summed E-state index contributed by atoms with van der Waals surface area (Å²) in [5.74, 6) is -1.26. The van der Waals surface area contributed by atoms with E-state index < -0.39 is 12.0 Å². The minimum absolute atomic E-state index is 0.244. The second kappa shape index (κ2) is 8.67. The van der Waals surface area contributed by atoms with Crippen molar-refractivity contribution in [3.8, 4) is 0 Å². The molecule has 2 N–H and O–H groups in total. The van der Waals surface area contributed by atoms with Gasteiger partial charge in [0.25, 0.3) is 0 Å². The highest BCUT2D eigenvalue weighted by atomic mass is 127. The molecule has 4 nitrogen and oxygen atoms in total. The number of carboxylic acid groups (broad SMARTS) is 1. The van der Waals surface area contributed by atoms with Gasteiger partial charge in [0.2, 0.25) is 5.91 Å². The Morgan fingerprint density at radius 1 is 1.04 bits per heavy atom. The number of benzene rings is 2. The maximum absolute atomic E-state index is 12.0. The first-order chi connectivity index (χ1) is 11.0. The Hall–Kier alpha value is -1.89. The van der Waals surface area contributed by atoms with Crippen LogP contribution in [-0.4, -0.2) is 23.0 Å². The first kappa shape index (κ1) is 17.5. The molecule has 2 rings (SSSR count). The maximum Gasteiger partial charge on any atom is 0.326 e. The topological polar surface area (TPSA) is 66.4 Å². The monoisotopic (exact) mass is 423 g/mol. The molecule has 0 aliphatic carbocycles. The molecule has 1 amide bonds. The Morgan fingerprint density at radius 2 is 1.74 bits per heavy atom. The molecular formula is C18H18INO3. The van der Waals surface area contributed by atoms with Gasteiger partial charge in [0.05, 0.1) is 0 Å². The molecule has 0 heterocycles. The molecule has 0 aliphatic rings. The highest BCUT2D eigenvalue weighted by Gasteiger charge is 2.20. The first-order valence-corrected chi connectivity index (χ1v) is 8.43. The van der Waals surface area contributed by atoms with Gasteiger partial charge >= 0.3 is 5.97 Å². The number of nitrogens with one attached hydrogen (secondary N) is 1. The highest BCUT2D eigenvalue weighted by Crippen LogP contribution is 2.10. The van der Waals surface area contributed by atoms with Crippen LogP contribution in [-0.2, 0) is 22.4 Å². The summed E-state index contributed by atoms with van der Waals surface area (Å²) in [6, 6.07) is 16.4. The third-order valence-corrected chi connectivity index (χ3v) is 4.12. The molecule has 0 radical (unpaired) electrons. The van der Waals surface area contributed by atoms with Crippen LogP contribution < -0.4 is 5.32 Å². The quantitative estimate of drug-likeness (QED) is 0.673. The Labute approximate surface area is 149 Å². The number of amides is 1. The molecule has 0 fully saturated rings. The molecule has 2 aromatic carbocycles. The summed E-state index contributed by atoms with van der Waals surface area (Å²) in [4.78, 5) is 23.4. The van der Waals surface area contributed by atoms with Crippen LogP contribution >= 0.6 is 22.6 Å². The van der Waals surface area contributed by atoms with Gasteiger partial charge in [-0.25, -0.2) is 4.79 Å². The van der Waals surface area contributed by atoms with Crippen LogP contribution in [0.4, 0.5) is 0 Å². The second-order valence-electron chi connectivity index (χ2n) is 5.28. The standard InChI is InChI=1S/C18H18INO3/c19-15-8-4-7-14(11-15)12-16(18(22)23)20-17(21)10-9-13-5-2-1-3-6-13/h1-8,11,16H,9-10,12H2,(H,20,21)(H,22,23)/t16-/m0/s1. The van der Waals surface area contributed by atoms with Crippen molar-refractivity contribution in [2.45, 2.75) is 25.3 Å². The van der Waals surface area contributed by atoms with Crippen molar-refractivity contribution in [2.75, 3.05) is 0 Å². The van der Waals surface area contributed by atoms with Crippen LogP contribution in [0.25, 0.3) is 0 Å². The fraction of sp³-hybridized carbons (Fsp3) is 0.222. The molecule has 0 saturated heterocycles. The van der Waals surface area contributed by atoms with Crippen molar-refractivity contribution in [1.29, 1.82) is 0 Å². The summed E-state index contributed by atoms with van der Waals surface area (Å²) in [6.07, 6.45) is 1.16. The zero-order valence-corrected chi connectivity index (χ0v) is 14.7. The lowest BCUT2D eigenvalue weighted by molar-refractivity contribution is -0.141. The third-order valence-electron chi connectivity index (χ3n) is 3.45. The summed E-state index contributed by atoms with van der Waals surface area (Å²) in [7, 11) is 0. The van der Waals surface area contributed by atoms with Gasteiger partial charge in [0.1, 0.15) is 6.04 Å². The molecule has 120 valence electrons. The van der Waals surface area contributed by atoms with Crippen molar-refractivity contribution in [3.05, 3.63) is 69.3 Å². The zero-order valence-electron chi connectivity index (χ0n) is 12.5. The van der Waals surface area contributed by atoms with E-state index in [0.29, 0.717) is 6.42 Å². The molecule has 0 saturated carbocycles. The highest BCUT2D eigenvalue weighted by molar-refractivity contribution is 14.1. The Morgan fingerprint density at radius 3 is 2.39 bits per heavy atom. The van der Waals surface area contributed by atoms with Crippen LogP contribution in [0.5, 0.6) is 0 Å². The van der Waals surface area contributed by atoms with Gasteiger partial charge in [-0.2, -0.15) is 0 Å². The van der Waals surface area contributed by atoms with Crippen molar-refractivity contribution in [2.24, 2.45) is 0 Å². The van der Waals surface area contributed by atoms with E-state index in [9.17, 15) is 14.7 Å². The predicted octanol–water partition coefficient (Wildman–Crippen LogP) is 3.04. The number of hydrogen-bond donors (Lipinski definition) is 2. The van der Waals surface area contributed by atoms with E-state index in [0.717, 1.165) is 14.7 Å². The number of carboxylic acids is 1. The van der Waals surface area contributed by atoms with E-state index >= 15 is 0 Å². The molecule has 0 bridgehead atoms. The molecule has 23 heavy (non-hydrogen) atoms. The van der Waals surface area contributed by atoms with E-state index in [-0.39, 0.29) is 18.7 Å². The molecule has 0 spiro atoms. The van der Waals surface area contributed by atoms with Crippen LogP contribution in [0.3, 0.4) is 0 Å². The van der Waals surface area contributed by atoms with Crippen LogP contribution in [0.15, 0.2) is 54.6 Å². The fourth-order valence-electron chi connectivity index (χ4n) is 2.27. The summed E-state index contributed by atoms with van der Waals surface area (Å²) in [6.45, 7) is 0. The van der Waals surface area contributed by atoms with Crippen molar-refractivity contribution >= 4 is 34.5 Å². The van der Waals surface area contributed by atoms with E-state index in [1.165, 1.54) is 0 Å².